The Morgan fingerprint density at radius 2 is 1.83 bits per heavy atom. The topological polar surface area (TPSA) is 132 Å². The number of aliphatic hydroxyl groups is 1. The van der Waals surface area contributed by atoms with Gasteiger partial charge in [0, 0.05) is 22.2 Å². The van der Waals surface area contributed by atoms with Crippen LogP contribution in [-0.2, 0) is 10.2 Å². The lowest BCUT2D eigenvalue weighted by Crippen LogP contribution is -2.53. The van der Waals surface area contributed by atoms with Crippen LogP contribution in [0.25, 0.3) is 16.6 Å². The van der Waals surface area contributed by atoms with Crippen LogP contribution in [0, 0.1) is 12.7 Å². The third kappa shape index (κ3) is 6.23. The Kier molecular flexibility index (Phi) is 8.26. The molecule has 1 heterocycles. The number of primary amides is 1. The van der Waals surface area contributed by atoms with Gasteiger partial charge in [-0.3, -0.25) is 9.59 Å². The van der Waals surface area contributed by atoms with E-state index >= 15 is 0 Å². The summed E-state index contributed by atoms with van der Waals surface area (Å²) in [6, 6.07) is 13.6. The number of methoxy groups -OCH3 is 1. The maximum atomic E-state index is 14.5. The standard InChI is InChI=1S/C33H35F4N5O4/c1-19-12-25(39-18-32(45,33(35,36)37)17-30(2,3)24-15-21(34)8-9-27(24)46-4)23-16-40-42(26(23)13-19)22-7-5-6-20(14-22)28(43)41-31(10-11-31)29(38)44/h5-9,12-16,39,45H,10-11,17-18H2,1-4H3,(H2,38,44)(H,41,43). The summed E-state index contributed by atoms with van der Waals surface area (Å²) in [6.07, 6.45) is -3.43. The summed E-state index contributed by atoms with van der Waals surface area (Å²) in [5.41, 5.74) is 2.33. The van der Waals surface area contributed by atoms with E-state index in [4.69, 9.17) is 10.5 Å². The zero-order valence-electron chi connectivity index (χ0n) is 25.8. The molecule has 1 atom stereocenters. The summed E-state index contributed by atoms with van der Waals surface area (Å²) < 4.78 is 64.5. The van der Waals surface area contributed by atoms with Gasteiger partial charge in [0.25, 0.3) is 5.91 Å². The highest BCUT2D eigenvalue weighted by atomic mass is 19.4. The first-order valence-electron chi connectivity index (χ1n) is 14.6. The average Bonchev–Trinajstić information content (AvgIpc) is 3.65. The van der Waals surface area contributed by atoms with Crippen molar-refractivity contribution in [1.82, 2.24) is 15.1 Å². The molecule has 46 heavy (non-hydrogen) atoms. The maximum Gasteiger partial charge on any atom is 0.418 e. The molecule has 1 aliphatic rings. The van der Waals surface area contributed by atoms with Gasteiger partial charge in [-0.15, -0.1) is 0 Å². The van der Waals surface area contributed by atoms with Crippen molar-refractivity contribution in [2.45, 2.75) is 62.8 Å². The smallest absolute Gasteiger partial charge is 0.418 e. The van der Waals surface area contributed by atoms with E-state index in [1.807, 2.05) is 0 Å². The lowest BCUT2D eigenvalue weighted by molar-refractivity contribution is -0.260. The van der Waals surface area contributed by atoms with Crippen LogP contribution in [0.5, 0.6) is 5.75 Å². The summed E-state index contributed by atoms with van der Waals surface area (Å²) in [5, 5.41) is 21.6. The Balaban J connectivity index is 1.43. The van der Waals surface area contributed by atoms with Gasteiger partial charge in [-0.05, 0) is 85.7 Å². The van der Waals surface area contributed by atoms with Crippen LogP contribution >= 0.6 is 0 Å². The number of carbonyl (C=O) groups is 2. The molecule has 3 aromatic carbocycles. The van der Waals surface area contributed by atoms with E-state index in [-0.39, 0.29) is 16.9 Å². The molecule has 0 saturated heterocycles. The van der Waals surface area contributed by atoms with Crippen molar-refractivity contribution in [1.29, 1.82) is 0 Å². The lowest BCUT2D eigenvalue weighted by Gasteiger charge is -2.38. The second-order valence-electron chi connectivity index (χ2n) is 12.5. The highest BCUT2D eigenvalue weighted by Crippen LogP contribution is 2.44. The van der Waals surface area contributed by atoms with E-state index in [1.165, 1.54) is 33.2 Å². The molecule has 244 valence electrons. The molecule has 1 unspecified atom stereocenters. The first-order valence-corrected chi connectivity index (χ1v) is 14.6. The first-order chi connectivity index (χ1) is 21.5. The van der Waals surface area contributed by atoms with E-state index in [0.717, 1.165) is 12.1 Å². The van der Waals surface area contributed by atoms with Gasteiger partial charge < -0.3 is 26.2 Å². The monoisotopic (exact) mass is 641 g/mol. The second-order valence-corrected chi connectivity index (χ2v) is 12.5. The van der Waals surface area contributed by atoms with Crippen LogP contribution in [0.4, 0.5) is 23.2 Å². The number of ether oxygens (including phenoxy) is 1. The Bertz CT molecular complexity index is 1820. The number of nitrogens with zero attached hydrogens (tertiary/aromatic N) is 2. The summed E-state index contributed by atoms with van der Waals surface area (Å²) in [5.74, 6) is -1.50. The fourth-order valence-electron chi connectivity index (χ4n) is 5.79. The van der Waals surface area contributed by atoms with E-state index < -0.39 is 53.3 Å². The summed E-state index contributed by atoms with van der Waals surface area (Å²) in [7, 11) is 1.34. The molecule has 9 nitrogen and oxygen atoms in total. The molecule has 1 fully saturated rings. The van der Waals surface area contributed by atoms with Gasteiger partial charge in [-0.25, -0.2) is 9.07 Å². The van der Waals surface area contributed by atoms with Gasteiger partial charge in [0.2, 0.25) is 5.91 Å². The van der Waals surface area contributed by atoms with Gasteiger partial charge in [-0.1, -0.05) is 19.9 Å². The van der Waals surface area contributed by atoms with Crippen LogP contribution in [0.15, 0.2) is 60.8 Å². The molecule has 0 bridgehead atoms. The van der Waals surface area contributed by atoms with Crippen LogP contribution in [-0.4, -0.2) is 57.7 Å². The van der Waals surface area contributed by atoms with Crippen LogP contribution in [0.2, 0.25) is 0 Å². The largest absolute Gasteiger partial charge is 0.496 e. The Labute approximate surface area is 262 Å². The third-order valence-corrected chi connectivity index (χ3v) is 8.48. The van der Waals surface area contributed by atoms with Crippen molar-refractivity contribution in [3.05, 3.63) is 83.3 Å². The predicted octanol–water partition coefficient (Wildman–Crippen LogP) is 5.30. The van der Waals surface area contributed by atoms with Crippen molar-refractivity contribution in [3.63, 3.8) is 0 Å². The molecular weight excluding hydrogens is 606 g/mol. The average molecular weight is 642 g/mol. The molecule has 2 amide bonds. The number of halogens is 4. The molecule has 0 spiro atoms. The molecule has 13 heteroatoms. The lowest BCUT2D eigenvalue weighted by atomic mass is 9.74. The van der Waals surface area contributed by atoms with Crippen molar-refractivity contribution in [3.8, 4) is 11.4 Å². The Morgan fingerprint density at radius 1 is 1.11 bits per heavy atom. The number of aryl methyl sites for hydroxylation is 1. The SMILES string of the molecule is COc1ccc(F)cc1C(C)(C)CC(O)(CNc1cc(C)cc2c1cnn2-c1cccc(C(=O)NC2(C(N)=O)CC2)c1)C(F)(F)F. The zero-order valence-corrected chi connectivity index (χ0v) is 25.8. The highest BCUT2D eigenvalue weighted by molar-refractivity contribution is 6.00. The summed E-state index contributed by atoms with van der Waals surface area (Å²) >= 11 is 0. The van der Waals surface area contributed by atoms with Crippen molar-refractivity contribution in [2.75, 3.05) is 19.0 Å². The molecule has 1 aromatic heterocycles. The van der Waals surface area contributed by atoms with Crippen molar-refractivity contribution in [2.24, 2.45) is 5.73 Å². The van der Waals surface area contributed by atoms with E-state index in [2.05, 4.69) is 15.7 Å². The van der Waals surface area contributed by atoms with Gasteiger partial charge in [0.15, 0.2) is 5.60 Å². The second kappa shape index (κ2) is 11.6. The summed E-state index contributed by atoms with van der Waals surface area (Å²) in [6.45, 7) is 3.84. The molecule has 0 radical (unpaired) electrons. The number of alkyl halides is 3. The van der Waals surface area contributed by atoms with Gasteiger partial charge in [0.05, 0.1) is 31.1 Å². The number of nitrogens with two attached hydrogens (primary N) is 1. The normalized spacial score (nSPS) is 15.7. The van der Waals surface area contributed by atoms with Crippen LogP contribution in [0.3, 0.4) is 0 Å². The number of fused-ring (bicyclic) bond motifs is 1. The van der Waals surface area contributed by atoms with E-state index in [0.29, 0.717) is 40.7 Å². The minimum Gasteiger partial charge on any atom is -0.496 e. The van der Waals surface area contributed by atoms with Crippen LogP contribution < -0.4 is 21.1 Å². The number of hydrogen-bond donors (Lipinski definition) is 4. The third-order valence-electron chi connectivity index (χ3n) is 8.48. The highest BCUT2D eigenvalue weighted by Gasteiger charge is 2.56. The number of carbonyl (C=O) groups excluding carboxylic acids is 2. The Hall–Kier alpha value is -4.65. The number of hydrogen-bond acceptors (Lipinski definition) is 6. The van der Waals surface area contributed by atoms with Gasteiger partial charge in [-0.2, -0.15) is 18.3 Å². The van der Waals surface area contributed by atoms with E-state index in [1.54, 1.807) is 48.0 Å². The molecule has 4 aromatic rings. The Morgan fingerprint density at radius 3 is 2.46 bits per heavy atom. The summed E-state index contributed by atoms with van der Waals surface area (Å²) in [4.78, 5) is 24.6. The number of aromatic nitrogens is 2. The number of amides is 2. The molecular formula is C33H35F4N5O4. The fraction of sp³-hybridized carbons (Fsp3) is 0.364. The van der Waals surface area contributed by atoms with Crippen molar-refractivity contribution < 1.29 is 37.0 Å². The number of nitrogens with one attached hydrogen (secondary N) is 2. The van der Waals surface area contributed by atoms with Crippen molar-refractivity contribution >= 4 is 28.4 Å². The molecule has 5 N–H and O–H groups in total. The first kappa shape index (κ1) is 32.7. The molecule has 1 saturated carbocycles. The minimum atomic E-state index is -5.04. The molecule has 5 rings (SSSR count). The zero-order chi connectivity index (χ0) is 33.7. The van der Waals surface area contributed by atoms with E-state index in [9.17, 15) is 32.3 Å². The minimum absolute atomic E-state index is 0.190. The number of benzene rings is 3. The van der Waals surface area contributed by atoms with Crippen LogP contribution in [0.1, 0.15) is 54.6 Å². The molecule has 0 aliphatic heterocycles. The molecule has 1 aliphatic carbocycles. The number of rotatable bonds is 11. The predicted molar refractivity (Wildman–Crippen MR) is 165 cm³/mol. The fourth-order valence-corrected chi connectivity index (χ4v) is 5.79. The number of anilines is 1. The van der Waals surface area contributed by atoms with Gasteiger partial charge in [0.1, 0.15) is 17.1 Å². The maximum absolute atomic E-state index is 14.5. The quantitative estimate of drug-likeness (QED) is 0.164. The van der Waals surface area contributed by atoms with Gasteiger partial charge >= 0.3 is 6.18 Å².